The number of benzene rings is 1. The van der Waals surface area contributed by atoms with Crippen molar-refractivity contribution in [2.24, 2.45) is 0 Å². The fourth-order valence-corrected chi connectivity index (χ4v) is 2.98. The monoisotopic (exact) mass is 297 g/mol. The van der Waals surface area contributed by atoms with Crippen LogP contribution in [0, 0.1) is 0 Å². The highest BCUT2D eigenvalue weighted by Crippen LogP contribution is 2.31. The van der Waals surface area contributed by atoms with Gasteiger partial charge in [-0.25, -0.2) is 4.98 Å². The Morgan fingerprint density at radius 2 is 2.16 bits per heavy atom. The van der Waals surface area contributed by atoms with E-state index in [9.17, 15) is 4.79 Å². The Balaban J connectivity index is 2.06. The van der Waals surface area contributed by atoms with Crippen LogP contribution in [0.4, 0.5) is 5.13 Å². The summed E-state index contributed by atoms with van der Waals surface area (Å²) in [6.45, 7) is 5.65. The molecule has 0 atom stereocenters. The van der Waals surface area contributed by atoms with Gasteiger partial charge in [-0.05, 0) is 26.0 Å². The van der Waals surface area contributed by atoms with Crippen molar-refractivity contribution < 1.29 is 4.79 Å². The molecule has 2 rings (SSSR count). The van der Waals surface area contributed by atoms with E-state index in [0.717, 1.165) is 28.4 Å². The fourth-order valence-electron chi connectivity index (χ4n) is 1.83. The minimum Gasteiger partial charge on any atom is -0.352 e. The van der Waals surface area contributed by atoms with Crippen LogP contribution in [0.2, 0.25) is 5.02 Å². The van der Waals surface area contributed by atoms with Gasteiger partial charge in [-0.15, -0.1) is 0 Å². The van der Waals surface area contributed by atoms with Gasteiger partial charge in [0.2, 0.25) is 5.91 Å². The lowest BCUT2D eigenvalue weighted by Crippen LogP contribution is -2.35. The molecule has 0 aliphatic heterocycles. The summed E-state index contributed by atoms with van der Waals surface area (Å²) in [5.74, 6) is 0.0790. The van der Waals surface area contributed by atoms with Gasteiger partial charge in [-0.2, -0.15) is 0 Å². The molecule has 102 valence electrons. The van der Waals surface area contributed by atoms with Crippen molar-refractivity contribution in [1.82, 2.24) is 9.88 Å². The smallest absolute Gasteiger partial charge is 0.241 e. The highest BCUT2D eigenvalue weighted by molar-refractivity contribution is 7.22. The molecule has 0 fully saturated rings. The summed E-state index contributed by atoms with van der Waals surface area (Å²) < 4.78 is 0.946. The molecule has 0 saturated heterocycles. The number of rotatable bonds is 5. The molecule has 4 nitrogen and oxygen atoms in total. The highest BCUT2D eigenvalue weighted by Gasteiger charge is 2.11. The first-order valence-corrected chi connectivity index (χ1v) is 7.41. The van der Waals surface area contributed by atoms with Crippen molar-refractivity contribution in [3.05, 3.63) is 23.2 Å². The molecule has 2 aromatic rings. The summed E-state index contributed by atoms with van der Waals surface area (Å²) in [7, 11) is 0. The Bertz CT molecular complexity index is 580. The normalized spacial score (nSPS) is 10.7. The molecule has 1 heterocycles. The summed E-state index contributed by atoms with van der Waals surface area (Å²) in [5.41, 5.74) is 0.857. The van der Waals surface area contributed by atoms with Gasteiger partial charge in [0.1, 0.15) is 0 Å². The third-order valence-corrected chi connectivity index (χ3v) is 4.36. The van der Waals surface area contributed by atoms with E-state index >= 15 is 0 Å². The van der Waals surface area contributed by atoms with Gasteiger partial charge < -0.3 is 10.2 Å². The average molecular weight is 298 g/mol. The Hall–Kier alpha value is -1.33. The number of hydrogen-bond acceptors (Lipinski definition) is 4. The number of fused-ring (bicyclic) bond motifs is 1. The van der Waals surface area contributed by atoms with Gasteiger partial charge in [0.25, 0.3) is 0 Å². The van der Waals surface area contributed by atoms with Gasteiger partial charge in [-0.3, -0.25) is 4.79 Å². The molecule has 6 heteroatoms. The number of carbonyl (C=O) groups excluding carboxylic acids is 1. The van der Waals surface area contributed by atoms with Crippen LogP contribution in [0.15, 0.2) is 18.2 Å². The van der Waals surface area contributed by atoms with Gasteiger partial charge >= 0.3 is 0 Å². The van der Waals surface area contributed by atoms with Crippen LogP contribution >= 0.6 is 22.9 Å². The van der Waals surface area contributed by atoms with E-state index in [-0.39, 0.29) is 12.5 Å². The first-order valence-electron chi connectivity index (χ1n) is 6.22. The highest BCUT2D eigenvalue weighted by atomic mass is 35.5. The number of nitrogens with zero attached hydrogens (tertiary/aromatic N) is 2. The van der Waals surface area contributed by atoms with E-state index in [1.807, 2.05) is 32.0 Å². The molecular weight excluding hydrogens is 282 g/mol. The van der Waals surface area contributed by atoms with Crippen molar-refractivity contribution in [3.8, 4) is 0 Å². The minimum absolute atomic E-state index is 0.0790. The molecule has 1 N–H and O–H groups in total. The number of anilines is 1. The topological polar surface area (TPSA) is 45.2 Å². The molecule has 0 aliphatic rings. The van der Waals surface area contributed by atoms with E-state index in [4.69, 9.17) is 11.6 Å². The molecule has 19 heavy (non-hydrogen) atoms. The van der Waals surface area contributed by atoms with Crippen molar-refractivity contribution in [2.45, 2.75) is 13.8 Å². The van der Waals surface area contributed by atoms with Gasteiger partial charge in [0.15, 0.2) is 5.13 Å². The summed E-state index contributed by atoms with van der Waals surface area (Å²) in [6, 6.07) is 5.62. The Kier molecular flexibility index (Phi) is 4.61. The van der Waals surface area contributed by atoms with Crippen molar-refractivity contribution in [3.63, 3.8) is 0 Å². The van der Waals surface area contributed by atoms with Crippen molar-refractivity contribution in [2.75, 3.05) is 25.0 Å². The SMILES string of the molecule is CCN(CC)C(=O)CNc1nc2cccc(Cl)c2s1. The second-order valence-electron chi connectivity index (χ2n) is 4.03. The number of carbonyl (C=O) groups is 1. The van der Waals surface area contributed by atoms with E-state index in [2.05, 4.69) is 10.3 Å². The molecule has 0 bridgehead atoms. The molecule has 0 radical (unpaired) electrons. The summed E-state index contributed by atoms with van der Waals surface area (Å²) >= 11 is 7.56. The summed E-state index contributed by atoms with van der Waals surface area (Å²) in [6.07, 6.45) is 0. The zero-order valence-electron chi connectivity index (χ0n) is 10.9. The van der Waals surface area contributed by atoms with E-state index in [1.54, 1.807) is 4.90 Å². The predicted octanol–water partition coefficient (Wildman–Crippen LogP) is 3.23. The Morgan fingerprint density at radius 3 is 2.79 bits per heavy atom. The second kappa shape index (κ2) is 6.21. The number of hydrogen-bond donors (Lipinski definition) is 1. The van der Waals surface area contributed by atoms with Crippen molar-refractivity contribution in [1.29, 1.82) is 0 Å². The largest absolute Gasteiger partial charge is 0.352 e. The first kappa shape index (κ1) is 14.1. The lowest BCUT2D eigenvalue weighted by molar-refractivity contribution is -0.128. The molecule has 0 unspecified atom stereocenters. The molecule has 1 amide bonds. The summed E-state index contributed by atoms with van der Waals surface area (Å²) in [5, 5.41) is 4.49. The fraction of sp³-hybridized carbons (Fsp3) is 0.385. The molecule has 0 aliphatic carbocycles. The molecule has 0 spiro atoms. The van der Waals surface area contributed by atoms with Crippen LogP contribution < -0.4 is 5.32 Å². The van der Waals surface area contributed by atoms with Crippen LogP contribution in [0.3, 0.4) is 0 Å². The zero-order valence-corrected chi connectivity index (χ0v) is 12.5. The maximum absolute atomic E-state index is 11.9. The molecule has 1 aromatic carbocycles. The number of amides is 1. The Labute approximate surface area is 121 Å². The van der Waals surface area contributed by atoms with E-state index < -0.39 is 0 Å². The third kappa shape index (κ3) is 3.16. The third-order valence-electron chi connectivity index (χ3n) is 2.87. The Morgan fingerprint density at radius 1 is 1.42 bits per heavy atom. The number of likely N-dealkylation sites (N-methyl/N-ethyl adjacent to an activating group) is 1. The predicted molar refractivity (Wildman–Crippen MR) is 81.0 cm³/mol. The van der Waals surface area contributed by atoms with Crippen LogP contribution in [0.5, 0.6) is 0 Å². The number of aromatic nitrogens is 1. The number of halogens is 1. The first-order chi connectivity index (χ1) is 9.15. The van der Waals surface area contributed by atoms with Gasteiger partial charge in [-0.1, -0.05) is 29.0 Å². The van der Waals surface area contributed by atoms with Crippen LogP contribution in [-0.2, 0) is 4.79 Å². The van der Waals surface area contributed by atoms with E-state index in [1.165, 1.54) is 11.3 Å². The van der Waals surface area contributed by atoms with Crippen LogP contribution in [-0.4, -0.2) is 35.4 Å². The summed E-state index contributed by atoms with van der Waals surface area (Å²) in [4.78, 5) is 18.1. The van der Waals surface area contributed by atoms with Gasteiger partial charge in [0, 0.05) is 13.1 Å². The van der Waals surface area contributed by atoms with E-state index in [0.29, 0.717) is 5.02 Å². The molecular formula is C13H16ClN3OS. The zero-order chi connectivity index (χ0) is 13.8. The standard InChI is InChI=1S/C13H16ClN3OS/c1-3-17(4-2)11(18)8-15-13-16-10-7-5-6-9(14)12(10)19-13/h5-7H,3-4,8H2,1-2H3,(H,15,16). The van der Waals surface area contributed by atoms with Crippen LogP contribution in [0.25, 0.3) is 10.2 Å². The number of thiazole rings is 1. The lowest BCUT2D eigenvalue weighted by atomic mass is 10.3. The van der Waals surface area contributed by atoms with Crippen LogP contribution in [0.1, 0.15) is 13.8 Å². The minimum atomic E-state index is 0.0790. The maximum atomic E-state index is 11.9. The quantitative estimate of drug-likeness (QED) is 0.921. The van der Waals surface area contributed by atoms with Crippen molar-refractivity contribution >= 4 is 44.2 Å². The number of nitrogens with one attached hydrogen (secondary N) is 1. The molecule has 0 saturated carbocycles. The maximum Gasteiger partial charge on any atom is 0.241 e. The average Bonchev–Trinajstić information content (AvgIpc) is 2.82. The molecule has 1 aromatic heterocycles. The lowest BCUT2D eigenvalue weighted by Gasteiger charge is -2.18. The second-order valence-corrected chi connectivity index (χ2v) is 5.43. The van der Waals surface area contributed by atoms with Gasteiger partial charge in [0.05, 0.1) is 21.8 Å².